The summed E-state index contributed by atoms with van der Waals surface area (Å²) in [6.07, 6.45) is 0. The summed E-state index contributed by atoms with van der Waals surface area (Å²) >= 11 is 0. The molecule has 8 aromatic carbocycles. The van der Waals surface area contributed by atoms with Crippen LogP contribution in [0.2, 0.25) is 0 Å². The largest absolute Gasteiger partial charge is 0.248 e. The number of nitrogens with zero attached hydrogens (tertiary/aromatic N) is 1. The average Bonchev–Trinajstić information content (AvgIpc) is 3.21. The van der Waals surface area contributed by atoms with E-state index in [4.69, 9.17) is 4.98 Å². The average molecular weight is 636 g/mol. The molecule has 0 fully saturated rings. The maximum atomic E-state index is 5.26. The van der Waals surface area contributed by atoms with Gasteiger partial charge in [0.25, 0.3) is 0 Å². The first-order valence-electron chi connectivity index (χ1n) is 17.1. The van der Waals surface area contributed by atoms with Crippen molar-refractivity contribution < 1.29 is 0 Å². The van der Waals surface area contributed by atoms with Gasteiger partial charge >= 0.3 is 0 Å². The maximum absolute atomic E-state index is 5.26. The molecule has 1 heterocycles. The van der Waals surface area contributed by atoms with Crippen molar-refractivity contribution in [3.05, 3.63) is 200 Å². The molecule has 1 aromatic heterocycles. The number of benzene rings is 8. The third-order valence-corrected chi connectivity index (χ3v) is 9.70. The van der Waals surface area contributed by atoms with E-state index in [1.165, 1.54) is 54.9 Å². The second-order valence-electron chi connectivity index (χ2n) is 12.8. The number of aromatic nitrogens is 1. The second kappa shape index (κ2) is 12.8. The molecule has 0 amide bonds. The van der Waals surface area contributed by atoms with Gasteiger partial charge < -0.3 is 0 Å². The van der Waals surface area contributed by atoms with E-state index in [2.05, 4.69) is 200 Å². The summed E-state index contributed by atoms with van der Waals surface area (Å²) in [5.74, 6) is 0. The van der Waals surface area contributed by atoms with E-state index in [9.17, 15) is 0 Å². The number of fused-ring (bicyclic) bond motifs is 2. The quantitative estimate of drug-likeness (QED) is 0.177. The van der Waals surface area contributed by atoms with Gasteiger partial charge in [-0.05, 0) is 84.3 Å². The smallest absolute Gasteiger partial charge is 0.0715 e. The molecule has 0 radical (unpaired) electrons. The van der Waals surface area contributed by atoms with Gasteiger partial charge in [0.1, 0.15) is 0 Å². The molecule has 0 spiro atoms. The van der Waals surface area contributed by atoms with E-state index < -0.39 is 0 Å². The Kier molecular flexibility index (Phi) is 7.57. The van der Waals surface area contributed by atoms with Crippen molar-refractivity contribution in [3.8, 4) is 67.0 Å². The molecule has 0 bridgehead atoms. The Morgan fingerprint density at radius 1 is 0.240 bits per heavy atom. The molecule has 50 heavy (non-hydrogen) atoms. The van der Waals surface area contributed by atoms with Crippen LogP contribution in [0.1, 0.15) is 0 Å². The second-order valence-corrected chi connectivity index (χ2v) is 12.8. The highest BCUT2D eigenvalue weighted by atomic mass is 14.7. The fourth-order valence-corrected chi connectivity index (χ4v) is 6.98. The fraction of sp³-hybridized carbons (Fsp3) is 0. The summed E-state index contributed by atoms with van der Waals surface area (Å²) in [7, 11) is 0. The van der Waals surface area contributed by atoms with Crippen molar-refractivity contribution in [2.75, 3.05) is 0 Å². The molecule has 1 heteroatoms. The van der Waals surface area contributed by atoms with E-state index >= 15 is 0 Å². The number of hydrogen-bond acceptors (Lipinski definition) is 1. The maximum Gasteiger partial charge on any atom is 0.0715 e. The molecule has 0 unspecified atom stereocenters. The first-order chi connectivity index (χ1) is 24.7. The van der Waals surface area contributed by atoms with Gasteiger partial charge in [-0.25, -0.2) is 4.98 Å². The highest BCUT2D eigenvalue weighted by molar-refractivity contribution is 5.97. The lowest BCUT2D eigenvalue weighted by Gasteiger charge is -2.13. The Hall–Kier alpha value is -6.57. The van der Waals surface area contributed by atoms with E-state index in [-0.39, 0.29) is 0 Å². The summed E-state index contributed by atoms with van der Waals surface area (Å²) < 4.78 is 0. The SMILES string of the molecule is c1ccc(-c2ccc(-c3cc(-c4ccc(-c5ccc6ccccc6c5)cc4)nc(-c4ccc(-c5cccc6ccccc56)cc4)c3)cc2)cc1. The standard InChI is InChI=1S/C49H33N/c1-2-9-34(10-3-1)36-17-19-38(20-18-36)45-32-48(41-26-21-37(22-27-41)44-30-23-35-11-4-5-13-43(35)31-44)50-49(33-45)42-28-24-40(25-29-42)47-16-8-14-39-12-6-7-15-46(39)47/h1-33H. The molecule has 1 nitrogen and oxygen atoms in total. The topological polar surface area (TPSA) is 12.9 Å². The number of pyridine rings is 1. The predicted octanol–water partition coefficient (Wildman–Crippen LogP) is 13.4. The van der Waals surface area contributed by atoms with Crippen molar-refractivity contribution in [3.63, 3.8) is 0 Å². The van der Waals surface area contributed by atoms with Crippen molar-refractivity contribution in [1.82, 2.24) is 4.98 Å². The Morgan fingerprint density at radius 2 is 0.700 bits per heavy atom. The third-order valence-electron chi connectivity index (χ3n) is 9.70. The van der Waals surface area contributed by atoms with Gasteiger partial charge in [0.05, 0.1) is 11.4 Å². The van der Waals surface area contributed by atoms with E-state index in [0.29, 0.717) is 0 Å². The normalized spacial score (nSPS) is 11.2. The van der Waals surface area contributed by atoms with Gasteiger partial charge in [0, 0.05) is 11.1 Å². The molecule has 0 saturated carbocycles. The summed E-state index contributed by atoms with van der Waals surface area (Å²) in [6.45, 7) is 0. The molecule has 9 rings (SSSR count). The van der Waals surface area contributed by atoms with Crippen molar-refractivity contribution >= 4 is 21.5 Å². The molecule has 0 aliphatic rings. The van der Waals surface area contributed by atoms with Gasteiger partial charge in [0.15, 0.2) is 0 Å². The van der Waals surface area contributed by atoms with Crippen LogP contribution in [0.25, 0.3) is 88.6 Å². The van der Waals surface area contributed by atoms with Crippen LogP contribution in [-0.4, -0.2) is 4.98 Å². The Bertz CT molecular complexity index is 2590. The van der Waals surface area contributed by atoms with E-state index in [1.54, 1.807) is 0 Å². The van der Waals surface area contributed by atoms with Gasteiger partial charge in [-0.1, -0.05) is 182 Å². The zero-order valence-corrected chi connectivity index (χ0v) is 27.5. The fourth-order valence-electron chi connectivity index (χ4n) is 6.98. The summed E-state index contributed by atoms with van der Waals surface area (Å²) in [4.78, 5) is 5.26. The van der Waals surface area contributed by atoms with Gasteiger partial charge in [-0.15, -0.1) is 0 Å². The zero-order chi connectivity index (χ0) is 33.3. The van der Waals surface area contributed by atoms with Gasteiger partial charge in [-0.2, -0.15) is 0 Å². The minimum Gasteiger partial charge on any atom is -0.248 e. The van der Waals surface area contributed by atoms with Crippen molar-refractivity contribution in [1.29, 1.82) is 0 Å². The highest BCUT2D eigenvalue weighted by Crippen LogP contribution is 2.35. The Labute approximate surface area is 292 Å². The van der Waals surface area contributed by atoms with Crippen LogP contribution in [0, 0.1) is 0 Å². The lowest BCUT2D eigenvalue weighted by molar-refractivity contribution is 1.32. The third kappa shape index (κ3) is 5.76. The Balaban J connectivity index is 1.10. The van der Waals surface area contributed by atoms with Crippen LogP contribution in [-0.2, 0) is 0 Å². The molecule has 0 aliphatic heterocycles. The first-order valence-corrected chi connectivity index (χ1v) is 17.1. The van der Waals surface area contributed by atoms with Gasteiger partial charge in [-0.3, -0.25) is 0 Å². The monoisotopic (exact) mass is 635 g/mol. The van der Waals surface area contributed by atoms with E-state index in [1.807, 2.05) is 0 Å². The number of rotatable bonds is 6. The van der Waals surface area contributed by atoms with Gasteiger partial charge in [0.2, 0.25) is 0 Å². The van der Waals surface area contributed by atoms with E-state index in [0.717, 1.165) is 33.6 Å². The van der Waals surface area contributed by atoms with Crippen LogP contribution < -0.4 is 0 Å². The zero-order valence-electron chi connectivity index (χ0n) is 27.5. The minimum atomic E-state index is 0.952. The molecule has 0 aliphatic carbocycles. The molecule has 0 saturated heterocycles. The molecular weight excluding hydrogens is 603 g/mol. The molecule has 234 valence electrons. The molecule has 0 N–H and O–H groups in total. The molecular formula is C49H33N. The minimum absolute atomic E-state index is 0.952. The lowest BCUT2D eigenvalue weighted by atomic mass is 9.95. The molecule has 0 atom stereocenters. The highest BCUT2D eigenvalue weighted by Gasteiger charge is 2.12. The summed E-state index contributed by atoms with van der Waals surface area (Å²) in [5.41, 5.74) is 13.6. The van der Waals surface area contributed by atoms with Crippen LogP contribution >= 0.6 is 0 Å². The summed E-state index contributed by atoms with van der Waals surface area (Å²) in [6, 6.07) is 71.8. The van der Waals surface area contributed by atoms with Crippen LogP contribution in [0.4, 0.5) is 0 Å². The van der Waals surface area contributed by atoms with Crippen molar-refractivity contribution in [2.24, 2.45) is 0 Å². The van der Waals surface area contributed by atoms with Crippen LogP contribution in [0.15, 0.2) is 200 Å². The summed E-state index contributed by atoms with van der Waals surface area (Å²) in [5, 5.41) is 5.01. The Morgan fingerprint density at radius 3 is 1.38 bits per heavy atom. The van der Waals surface area contributed by atoms with Crippen molar-refractivity contribution in [2.45, 2.75) is 0 Å². The lowest BCUT2D eigenvalue weighted by Crippen LogP contribution is -1.92. The van der Waals surface area contributed by atoms with Crippen LogP contribution in [0.5, 0.6) is 0 Å². The number of hydrogen-bond donors (Lipinski definition) is 0. The first kappa shape index (κ1) is 29.6. The van der Waals surface area contributed by atoms with Crippen LogP contribution in [0.3, 0.4) is 0 Å². The predicted molar refractivity (Wildman–Crippen MR) is 212 cm³/mol. The molecule has 9 aromatic rings.